The number of anilines is 3. The van der Waals surface area contributed by atoms with Gasteiger partial charge in [-0.2, -0.15) is 0 Å². The third kappa shape index (κ3) is 1.98. The van der Waals surface area contributed by atoms with Crippen LogP contribution in [-0.2, 0) is 5.41 Å². The van der Waals surface area contributed by atoms with Crippen LogP contribution in [0.5, 0.6) is 0 Å². The Morgan fingerprint density at radius 3 is 2.52 bits per heavy atom. The summed E-state index contributed by atoms with van der Waals surface area (Å²) in [6, 6.07) is 12.9. The Hall–Kier alpha value is -2.88. The molecular formula is C23H24N4. The molecule has 0 fully saturated rings. The third-order valence-electron chi connectivity index (χ3n) is 6.24. The molecule has 2 aliphatic rings. The van der Waals surface area contributed by atoms with Gasteiger partial charge in [0.05, 0.1) is 17.1 Å². The smallest absolute Gasteiger partial charge is 0.158 e. The molecule has 0 spiro atoms. The molecular weight excluding hydrogens is 332 g/mol. The summed E-state index contributed by atoms with van der Waals surface area (Å²) in [7, 11) is 2.14. The maximum Gasteiger partial charge on any atom is 0.158 e. The van der Waals surface area contributed by atoms with E-state index in [4.69, 9.17) is 9.97 Å². The quantitative estimate of drug-likeness (QED) is 0.612. The maximum absolute atomic E-state index is 4.76. The second kappa shape index (κ2) is 5.32. The van der Waals surface area contributed by atoms with E-state index in [-0.39, 0.29) is 11.6 Å². The van der Waals surface area contributed by atoms with Crippen LogP contribution >= 0.6 is 0 Å². The van der Waals surface area contributed by atoms with Crippen LogP contribution in [0.4, 0.5) is 17.2 Å². The first-order valence-corrected chi connectivity index (χ1v) is 9.50. The topological polar surface area (TPSA) is 32.3 Å². The van der Waals surface area contributed by atoms with Crippen molar-refractivity contribution < 1.29 is 0 Å². The number of nitrogens with zero attached hydrogens (tertiary/aromatic N) is 4. The van der Waals surface area contributed by atoms with Crippen molar-refractivity contribution in [1.82, 2.24) is 9.97 Å². The Morgan fingerprint density at radius 1 is 0.963 bits per heavy atom. The molecule has 1 aromatic carbocycles. The number of benzene rings is 1. The zero-order valence-corrected chi connectivity index (χ0v) is 16.5. The second-order valence-corrected chi connectivity index (χ2v) is 8.14. The Balaban J connectivity index is 1.82. The standard InChI is InChI=1S/C23H24N4/c1-14-10-11-16-17-8-6-12-24-21(17)23(3,4)19(16)20(14)27-15(2)26(5)18-9-7-13-25-22(18)27/h6-13,15H,1-5H3/t15-/m0/s1. The molecule has 0 saturated heterocycles. The number of pyridine rings is 2. The molecule has 0 amide bonds. The molecule has 5 rings (SSSR count). The molecule has 0 N–H and O–H groups in total. The Morgan fingerprint density at radius 2 is 1.70 bits per heavy atom. The van der Waals surface area contributed by atoms with Crippen molar-refractivity contribution in [3.63, 3.8) is 0 Å². The van der Waals surface area contributed by atoms with E-state index in [9.17, 15) is 0 Å². The first-order valence-electron chi connectivity index (χ1n) is 9.50. The number of fused-ring (bicyclic) bond motifs is 4. The van der Waals surface area contributed by atoms with Crippen molar-refractivity contribution in [2.75, 3.05) is 16.8 Å². The normalized spacial score (nSPS) is 19.1. The lowest BCUT2D eigenvalue weighted by molar-refractivity contribution is 0.629. The van der Waals surface area contributed by atoms with Gasteiger partial charge in [-0.25, -0.2) is 4.98 Å². The van der Waals surface area contributed by atoms with Crippen molar-refractivity contribution in [3.8, 4) is 11.1 Å². The van der Waals surface area contributed by atoms with Crippen LogP contribution in [0.2, 0.25) is 0 Å². The van der Waals surface area contributed by atoms with Crippen LogP contribution in [-0.4, -0.2) is 23.2 Å². The van der Waals surface area contributed by atoms with E-state index in [0.29, 0.717) is 0 Å². The summed E-state index contributed by atoms with van der Waals surface area (Å²) < 4.78 is 0. The average Bonchev–Trinajstić information content (AvgIpc) is 3.06. The highest BCUT2D eigenvalue weighted by Gasteiger charge is 2.43. The number of hydrogen-bond acceptors (Lipinski definition) is 4. The Bertz CT molecular complexity index is 1070. The molecule has 0 bridgehead atoms. The zero-order valence-electron chi connectivity index (χ0n) is 16.5. The fourth-order valence-electron chi connectivity index (χ4n) is 4.80. The predicted molar refractivity (Wildman–Crippen MR) is 111 cm³/mol. The number of aromatic nitrogens is 2. The molecule has 0 radical (unpaired) electrons. The van der Waals surface area contributed by atoms with E-state index in [1.165, 1.54) is 33.6 Å². The van der Waals surface area contributed by atoms with Crippen molar-refractivity contribution in [1.29, 1.82) is 0 Å². The van der Waals surface area contributed by atoms with Gasteiger partial charge in [0.1, 0.15) is 6.17 Å². The second-order valence-electron chi connectivity index (χ2n) is 8.14. The van der Waals surface area contributed by atoms with Gasteiger partial charge in [0, 0.05) is 30.4 Å². The monoisotopic (exact) mass is 356 g/mol. The highest BCUT2D eigenvalue weighted by molar-refractivity contribution is 5.91. The van der Waals surface area contributed by atoms with Crippen LogP contribution in [0.1, 0.15) is 37.6 Å². The number of rotatable bonds is 1. The van der Waals surface area contributed by atoms with Gasteiger partial charge in [-0.05, 0) is 48.7 Å². The van der Waals surface area contributed by atoms with Gasteiger partial charge in [0.15, 0.2) is 5.82 Å². The van der Waals surface area contributed by atoms with Gasteiger partial charge in [-0.1, -0.05) is 32.0 Å². The lowest BCUT2D eigenvalue weighted by atomic mass is 9.82. The molecule has 4 heteroatoms. The lowest BCUT2D eigenvalue weighted by Gasteiger charge is -2.33. The van der Waals surface area contributed by atoms with E-state index >= 15 is 0 Å². The molecule has 136 valence electrons. The molecule has 2 aromatic heterocycles. The molecule has 3 heterocycles. The van der Waals surface area contributed by atoms with Crippen LogP contribution in [0, 0.1) is 6.92 Å². The van der Waals surface area contributed by atoms with Gasteiger partial charge in [0.2, 0.25) is 0 Å². The summed E-state index contributed by atoms with van der Waals surface area (Å²) in [4.78, 5) is 14.2. The minimum absolute atomic E-state index is 0.150. The fraction of sp³-hybridized carbons (Fsp3) is 0.304. The summed E-state index contributed by atoms with van der Waals surface area (Å²) >= 11 is 0. The average molecular weight is 356 g/mol. The Labute approximate surface area is 160 Å². The molecule has 3 aromatic rings. The fourth-order valence-corrected chi connectivity index (χ4v) is 4.80. The summed E-state index contributed by atoms with van der Waals surface area (Å²) in [5.41, 5.74) is 8.63. The van der Waals surface area contributed by atoms with E-state index < -0.39 is 0 Å². The van der Waals surface area contributed by atoms with Crippen molar-refractivity contribution >= 4 is 17.2 Å². The SMILES string of the molecule is Cc1ccc2c(c1N1c3ncccc3N(C)[C@@H]1C)C(C)(C)c1ncccc1-2. The Kier molecular flexibility index (Phi) is 3.21. The summed E-state index contributed by atoms with van der Waals surface area (Å²) in [5.74, 6) is 1.03. The molecule has 0 saturated carbocycles. The first-order chi connectivity index (χ1) is 12.9. The minimum atomic E-state index is -0.150. The minimum Gasteiger partial charge on any atom is -0.351 e. The molecule has 1 atom stereocenters. The van der Waals surface area contributed by atoms with Gasteiger partial charge in [-0.3, -0.25) is 4.98 Å². The summed E-state index contributed by atoms with van der Waals surface area (Å²) in [5, 5.41) is 0. The highest BCUT2D eigenvalue weighted by Crippen LogP contribution is 2.55. The number of hydrogen-bond donors (Lipinski definition) is 0. The third-order valence-corrected chi connectivity index (χ3v) is 6.24. The molecule has 1 aliphatic carbocycles. The number of aryl methyl sites for hydroxylation is 1. The van der Waals surface area contributed by atoms with Crippen molar-refractivity contribution in [3.05, 3.63) is 65.6 Å². The van der Waals surface area contributed by atoms with Gasteiger partial charge < -0.3 is 9.80 Å². The first kappa shape index (κ1) is 16.3. The van der Waals surface area contributed by atoms with Crippen LogP contribution < -0.4 is 9.80 Å². The maximum atomic E-state index is 4.76. The van der Waals surface area contributed by atoms with Gasteiger partial charge >= 0.3 is 0 Å². The van der Waals surface area contributed by atoms with E-state index in [1.54, 1.807) is 0 Å². The van der Waals surface area contributed by atoms with E-state index in [0.717, 1.165) is 11.5 Å². The van der Waals surface area contributed by atoms with Crippen LogP contribution in [0.25, 0.3) is 11.1 Å². The molecule has 0 unspecified atom stereocenters. The summed E-state index contributed by atoms with van der Waals surface area (Å²) in [6.45, 7) is 9.03. The van der Waals surface area contributed by atoms with Gasteiger partial charge in [-0.15, -0.1) is 0 Å². The molecule has 4 nitrogen and oxygen atoms in total. The molecule has 1 aliphatic heterocycles. The highest BCUT2D eigenvalue weighted by atomic mass is 15.4. The van der Waals surface area contributed by atoms with Crippen molar-refractivity contribution in [2.45, 2.75) is 39.3 Å². The van der Waals surface area contributed by atoms with E-state index in [2.05, 4.69) is 68.8 Å². The van der Waals surface area contributed by atoms with Crippen LogP contribution in [0.3, 0.4) is 0 Å². The summed E-state index contributed by atoms with van der Waals surface area (Å²) in [6.07, 6.45) is 3.99. The van der Waals surface area contributed by atoms with Crippen molar-refractivity contribution in [2.24, 2.45) is 0 Å². The van der Waals surface area contributed by atoms with Gasteiger partial charge in [0.25, 0.3) is 0 Å². The largest absolute Gasteiger partial charge is 0.351 e. The van der Waals surface area contributed by atoms with Crippen LogP contribution in [0.15, 0.2) is 48.8 Å². The lowest BCUT2D eigenvalue weighted by Crippen LogP contribution is -2.37. The predicted octanol–water partition coefficient (Wildman–Crippen LogP) is 5.03. The molecule has 27 heavy (non-hydrogen) atoms. The van der Waals surface area contributed by atoms with E-state index in [1.807, 2.05) is 24.5 Å². The zero-order chi connectivity index (χ0) is 18.9.